The average Bonchev–Trinajstić information content (AvgIpc) is 2.62. The van der Waals surface area contributed by atoms with E-state index < -0.39 is 0 Å². The summed E-state index contributed by atoms with van der Waals surface area (Å²) in [5, 5.41) is 13.7. The average molecular weight is 230 g/mol. The molecule has 0 radical (unpaired) electrons. The van der Waals surface area contributed by atoms with Crippen LogP contribution >= 0.6 is 22.9 Å². The van der Waals surface area contributed by atoms with E-state index in [2.05, 4.69) is 15.3 Å². The Kier molecular flexibility index (Phi) is 2.39. The first-order valence-corrected chi connectivity index (χ1v) is 5.12. The van der Waals surface area contributed by atoms with E-state index in [0.717, 1.165) is 10.7 Å². The third-order valence-corrected chi connectivity index (χ3v) is 2.77. The number of nitrogens with zero attached hydrogens (tertiary/aromatic N) is 4. The van der Waals surface area contributed by atoms with Gasteiger partial charge in [-0.1, -0.05) is 22.9 Å². The molecule has 2 rings (SSSR count). The van der Waals surface area contributed by atoms with Gasteiger partial charge in [0.1, 0.15) is 5.01 Å². The lowest BCUT2D eigenvalue weighted by molar-refractivity contribution is 0.670. The number of rotatable bonds is 2. The Morgan fingerprint density at radius 1 is 1.57 bits per heavy atom. The molecule has 74 valence electrons. The smallest absolute Gasteiger partial charge is 0.203 e. The Morgan fingerprint density at radius 3 is 2.86 bits per heavy atom. The molecule has 0 unspecified atom stereocenters. The quantitative estimate of drug-likeness (QED) is 0.844. The standard InChI is InChI=1S/C7H8ClN5S/c1-4-5(8)2-13(12-4)3-6-10-11-7(9)14-6/h2H,3H2,1H3,(H2,9,11). The first kappa shape index (κ1) is 9.42. The highest BCUT2D eigenvalue weighted by molar-refractivity contribution is 7.15. The van der Waals surface area contributed by atoms with Crippen molar-refractivity contribution in [3.8, 4) is 0 Å². The molecule has 0 fully saturated rings. The van der Waals surface area contributed by atoms with Gasteiger partial charge in [-0.15, -0.1) is 10.2 Å². The van der Waals surface area contributed by atoms with E-state index in [-0.39, 0.29) is 0 Å². The van der Waals surface area contributed by atoms with Crippen molar-refractivity contribution in [1.29, 1.82) is 0 Å². The van der Waals surface area contributed by atoms with Gasteiger partial charge in [0.15, 0.2) is 0 Å². The Balaban J connectivity index is 2.18. The van der Waals surface area contributed by atoms with Gasteiger partial charge in [-0.05, 0) is 6.92 Å². The molecule has 5 nitrogen and oxygen atoms in total. The van der Waals surface area contributed by atoms with E-state index in [1.807, 2.05) is 6.92 Å². The van der Waals surface area contributed by atoms with Crippen molar-refractivity contribution >= 4 is 28.1 Å². The molecule has 2 heterocycles. The third kappa shape index (κ3) is 1.85. The molecule has 0 aromatic carbocycles. The maximum Gasteiger partial charge on any atom is 0.203 e. The van der Waals surface area contributed by atoms with Crippen LogP contribution in [0.5, 0.6) is 0 Å². The van der Waals surface area contributed by atoms with Gasteiger partial charge in [-0.3, -0.25) is 4.68 Å². The number of halogens is 1. The number of nitrogen functional groups attached to an aromatic ring is 1. The van der Waals surface area contributed by atoms with Crippen molar-refractivity contribution in [2.75, 3.05) is 5.73 Å². The molecule has 0 aliphatic carbocycles. The van der Waals surface area contributed by atoms with Crippen LogP contribution in [0.15, 0.2) is 6.20 Å². The largest absolute Gasteiger partial charge is 0.374 e. The highest BCUT2D eigenvalue weighted by atomic mass is 35.5. The lowest BCUT2D eigenvalue weighted by atomic mass is 10.5. The van der Waals surface area contributed by atoms with Crippen LogP contribution in [0.4, 0.5) is 5.13 Å². The molecule has 7 heteroatoms. The van der Waals surface area contributed by atoms with E-state index in [1.165, 1.54) is 11.3 Å². The first-order valence-electron chi connectivity index (χ1n) is 3.92. The summed E-state index contributed by atoms with van der Waals surface area (Å²) in [6.07, 6.45) is 1.76. The second-order valence-corrected chi connectivity index (χ2v) is 4.29. The molecule has 0 aliphatic rings. The SMILES string of the molecule is Cc1nn(Cc2nnc(N)s2)cc1Cl. The van der Waals surface area contributed by atoms with Crippen LogP contribution in [0.1, 0.15) is 10.7 Å². The van der Waals surface area contributed by atoms with E-state index in [9.17, 15) is 0 Å². The second-order valence-electron chi connectivity index (χ2n) is 2.79. The Hall–Kier alpha value is -1.14. The summed E-state index contributed by atoms with van der Waals surface area (Å²) in [6, 6.07) is 0. The summed E-state index contributed by atoms with van der Waals surface area (Å²) in [5.74, 6) is 0. The maximum absolute atomic E-state index is 5.86. The van der Waals surface area contributed by atoms with Gasteiger partial charge in [-0.25, -0.2) is 0 Å². The van der Waals surface area contributed by atoms with Gasteiger partial charge < -0.3 is 5.73 Å². The fraction of sp³-hybridized carbons (Fsp3) is 0.286. The fourth-order valence-electron chi connectivity index (χ4n) is 1.04. The summed E-state index contributed by atoms with van der Waals surface area (Å²) >= 11 is 7.21. The number of nitrogens with two attached hydrogens (primary N) is 1. The minimum Gasteiger partial charge on any atom is -0.374 e. The van der Waals surface area contributed by atoms with E-state index in [0.29, 0.717) is 16.7 Å². The van der Waals surface area contributed by atoms with Crippen LogP contribution in [0.3, 0.4) is 0 Å². The van der Waals surface area contributed by atoms with Crippen molar-refractivity contribution in [3.05, 3.63) is 21.9 Å². The summed E-state index contributed by atoms with van der Waals surface area (Å²) in [6.45, 7) is 2.41. The molecule has 0 saturated carbocycles. The van der Waals surface area contributed by atoms with Crippen molar-refractivity contribution in [1.82, 2.24) is 20.0 Å². The van der Waals surface area contributed by atoms with Gasteiger partial charge in [-0.2, -0.15) is 5.10 Å². The topological polar surface area (TPSA) is 69.6 Å². The van der Waals surface area contributed by atoms with Gasteiger partial charge in [0.2, 0.25) is 5.13 Å². The molecule has 0 spiro atoms. The van der Waals surface area contributed by atoms with Crippen LogP contribution in [0, 0.1) is 6.92 Å². The Bertz CT molecular complexity index is 429. The summed E-state index contributed by atoms with van der Waals surface area (Å²) in [4.78, 5) is 0. The molecule has 2 aromatic rings. The molecular weight excluding hydrogens is 222 g/mol. The number of hydrogen-bond donors (Lipinski definition) is 1. The Labute approximate surface area is 89.5 Å². The highest BCUT2D eigenvalue weighted by Gasteiger charge is 2.05. The van der Waals surface area contributed by atoms with Crippen LogP contribution in [-0.4, -0.2) is 20.0 Å². The molecule has 0 saturated heterocycles. The lowest BCUT2D eigenvalue weighted by Gasteiger charge is -1.94. The Morgan fingerprint density at radius 2 is 2.36 bits per heavy atom. The van der Waals surface area contributed by atoms with Gasteiger partial charge >= 0.3 is 0 Å². The molecule has 0 bridgehead atoms. The normalized spacial score (nSPS) is 10.7. The minimum atomic E-state index is 0.468. The first-order chi connectivity index (χ1) is 6.65. The zero-order valence-corrected chi connectivity index (χ0v) is 9.01. The monoisotopic (exact) mass is 229 g/mol. The number of aryl methyl sites for hydroxylation is 1. The zero-order chi connectivity index (χ0) is 10.1. The number of anilines is 1. The van der Waals surface area contributed by atoms with Crippen molar-refractivity contribution < 1.29 is 0 Å². The van der Waals surface area contributed by atoms with Gasteiger partial charge in [0.25, 0.3) is 0 Å². The lowest BCUT2D eigenvalue weighted by Crippen LogP contribution is -1.99. The van der Waals surface area contributed by atoms with E-state index in [1.54, 1.807) is 10.9 Å². The van der Waals surface area contributed by atoms with E-state index >= 15 is 0 Å². The summed E-state index contributed by atoms with van der Waals surface area (Å²) in [5.41, 5.74) is 6.27. The fourth-order valence-corrected chi connectivity index (χ4v) is 1.80. The molecule has 0 amide bonds. The summed E-state index contributed by atoms with van der Waals surface area (Å²) < 4.78 is 1.72. The number of aromatic nitrogens is 4. The third-order valence-electron chi connectivity index (χ3n) is 1.67. The van der Waals surface area contributed by atoms with Crippen LogP contribution < -0.4 is 5.73 Å². The van der Waals surface area contributed by atoms with Crippen molar-refractivity contribution in [2.24, 2.45) is 0 Å². The number of hydrogen-bond acceptors (Lipinski definition) is 5. The zero-order valence-electron chi connectivity index (χ0n) is 7.44. The van der Waals surface area contributed by atoms with Crippen molar-refractivity contribution in [3.63, 3.8) is 0 Å². The summed E-state index contributed by atoms with van der Waals surface area (Å²) in [7, 11) is 0. The second kappa shape index (κ2) is 3.55. The van der Waals surface area contributed by atoms with Crippen LogP contribution in [0.25, 0.3) is 0 Å². The predicted molar refractivity (Wildman–Crippen MR) is 55.4 cm³/mol. The van der Waals surface area contributed by atoms with Crippen LogP contribution in [-0.2, 0) is 6.54 Å². The molecule has 0 atom stereocenters. The predicted octanol–water partition coefficient (Wildman–Crippen LogP) is 1.33. The van der Waals surface area contributed by atoms with Gasteiger partial charge in [0, 0.05) is 6.20 Å². The van der Waals surface area contributed by atoms with Gasteiger partial charge in [0.05, 0.1) is 17.3 Å². The molecule has 2 aromatic heterocycles. The molecular formula is C7H8ClN5S. The molecule has 14 heavy (non-hydrogen) atoms. The van der Waals surface area contributed by atoms with Crippen molar-refractivity contribution in [2.45, 2.75) is 13.5 Å². The highest BCUT2D eigenvalue weighted by Crippen LogP contribution is 2.15. The van der Waals surface area contributed by atoms with E-state index in [4.69, 9.17) is 17.3 Å². The van der Waals surface area contributed by atoms with Crippen LogP contribution in [0.2, 0.25) is 5.02 Å². The molecule has 0 aliphatic heterocycles. The maximum atomic E-state index is 5.86. The minimum absolute atomic E-state index is 0.468. The molecule has 2 N–H and O–H groups in total.